The molecule has 6 nitrogen and oxygen atoms in total. The van der Waals surface area contributed by atoms with Crippen molar-refractivity contribution in [3.05, 3.63) is 156 Å². The first-order chi connectivity index (χ1) is 32.0. The van der Waals surface area contributed by atoms with Crippen LogP contribution in [0, 0.1) is 23.5 Å². The van der Waals surface area contributed by atoms with Gasteiger partial charge >= 0.3 is 0 Å². The summed E-state index contributed by atoms with van der Waals surface area (Å²) in [6.07, 6.45) is 1.95. The van der Waals surface area contributed by atoms with Gasteiger partial charge in [0.2, 0.25) is 0 Å². The van der Waals surface area contributed by atoms with Crippen molar-refractivity contribution in [1.82, 2.24) is 14.5 Å². The number of imidazole rings is 1. The molecule has 6 aromatic carbocycles. The zero-order valence-corrected chi connectivity index (χ0v) is 44.7. The van der Waals surface area contributed by atoms with E-state index in [4.69, 9.17) is 13.8 Å². The number of benzene rings is 6. The number of aromatic nitrogens is 3. The third-order valence-corrected chi connectivity index (χ3v) is 20.6. The van der Waals surface area contributed by atoms with Crippen LogP contribution in [0.4, 0.5) is 0 Å². The molecule has 10 aromatic rings. The molecule has 347 valence electrons. The Hall–Kier alpha value is -6.10. The van der Waals surface area contributed by atoms with Crippen molar-refractivity contribution in [2.24, 2.45) is 0 Å². The number of fused-ring (bicyclic) bond motifs is 7. The first-order valence-electron chi connectivity index (χ1n) is 23.7. The van der Waals surface area contributed by atoms with Crippen LogP contribution in [0.1, 0.15) is 110 Å². The van der Waals surface area contributed by atoms with Crippen LogP contribution in [0.15, 0.2) is 130 Å². The fourth-order valence-corrected chi connectivity index (χ4v) is 13.4. The Labute approximate surface area is 415 Å². The van der Waals surface area contributed by atoms with Crippen molar-refractivity contribution in [1.29, 1.82) is 5.26 Å². The summed E-state index contributed by atoms with van der Waals surface area (Å²) in [5, 5.41) is 15.4. The molecule has 0 amide bonds. The fourth-order valence-electron chi connectivity index (χ4n) is 9.79. The maximum atomic E-state index is 9.59. The van der Waals surface area contributed by atoms with E-state index in [1.54, 1.807) is 0 Å². The average Bonchev–Trinajstić information content (AvgIpc) is 4.01. The van der Waals surface area contributed by atoms with E-state index in [1.165, 1.54) is 32.6 Å². The van der Waals surface area contributed by atoms with Gasteiger partial charge in [0.05, 0.1) is 42.1 Å². The van der Waals surface area contributed by atoms with E-state index in [1.807, 2.05) is 66.9 Å². The molecule has 4 heterocycles. The number of para-hydroxylation sites is 2. The van der Waals surface area contributed by atoms with Crippen LogP contribution >= 0.6 is 0 Å². The van der Waals surface area contributed by atoms with Crippen molar-refractivity contribution in [3.63, 3.8) is 0 Å². The first kappa shape index (κ1) is 48.4. The molecule has 0 unspecified atom stereocenters. The Morgan fingerprint density at radius 2 is 1.43 bits per heavy atom. The Morgan fingerprint density at radius 3 is 2.07 bits per heavy atom. The average molecular weight is 1090 g/mol. The molecule has 0 saturated carbocycles. The molecule has 0 aliphatic rings. The molecule has 1 radical (unpaired) electrons. The number of nitriles is 1. The molecule has 10 rings (SSSR count). The molecule has 68 heavy (non-hydrogen) atoms. The van der Waals surface area contributed by atoms with E-state index < -0.39 is 8.07 Å². The normalized spacial score (nSPS) is 12.2. The molecule has 4 aromatic heterocycles. The quantitative estimate of drug-likeness (QED) is 0.112. The second kappa shape index (κ2) is 18.8. The summed E-state index contributed by atoms with van der Waals surface area (Å²) in [7, 11) is -1.78. The smallest absolute Gasteiger partial charge is 0.140 e. The largest absolute Gasteiger partial charge is 0.500 e. The summed E-state index contributed by atoms with van der Waals surface area (Å²) in [6, 6.07) is 48.4. The minimum Gasteiger partial charge on any atom is -0.500 e. The summed E-state index contributed by atoms with van der Waals surface area (Å²) in [5.41, 5.74) is 14.7. The van der Waals surface area contributed by atoms with Gasteiger partial charge in [-0.2, -0.15) is 5.26 Å². The van der Waals surface area contributed by atoms with Crippen LogP contribution in [0.25, 0.3) is 83.2 Å². The maximum absolute atomic E-state index is 9.59. The van der Waals surface area contributed by atoms with E-state index in [0.29, 0.717) is 27.8 Å². The van der Waals surface area contributed by atoms with Crippen molar-refractivity contribution in [2.75, 3.05) is 0 Å². The van der Waals surface area contributed by atoms with Crippen LogP contribution < -0.4 is 5.19 Å². The Balaban J connectivity index is 0.000000312. The van der Waals surface area contributed by atoms with Gasteiger partial charge in [-0.25, -0.2) is 0 Å². The second-order valence-electron chi connectivity index (χ2n) is 20.6. The molecule has 0 aliphatic heterocycles. The van der Waals surface area contributed by atoms with E-state index >= 15 is 0 Å². The van der Waals surface area contributed by atoms with Gasteiger partial charge in [-0.15, -0.1) is 54.1 Å². The third kappa shape index (κ3) is 8.44. The van der Waals surface area contributed by atoms with Gasteiger partial charge in [0.1, 0.15) is 16.7 Å². The monoisotopic (exact) mass is 1090 g/mol. The van der Waals surface area contributed by atoms with Gasteiger partial charge in [-0.05, 0) is 81.6 Å². The topological polar surface area (TPSA) is 80.8 Å². The molecule has 0 bridgehead atoms. The van der Waals surface area contributed by atoms with Crippen LogP contribution in [0.2, 0.25) is 17.6 Å². The van der Waals surface area contributed by atoms with Crippen molar-refractivity contribution >= 4 is 68.2 Å². The molecule has 0 aliphatic carbocycles. The fraction of sp³-hybridized carbons (Fsp3) is 0.283. The van der Waals surface area contributed by atoms with Crippen molar-refractivity contribution < 1.29 is 28.9 Å². The molecule has 8 heteroatoms. The predicted octanol–water partition coefficient (Wildman–Crippen LogP) is 16.4. The second-order valence-corrected chi connectivity index (χ2v) is 26.0. The zero-order chi connectivity index (χ0) is 47.5. The molecular weight excluding hydrogens is 1030 g/mol. The maximum Gasteiger partial charge on any atom is 0.140 e. The Morgan fingerprint density at radius 1 is 0.691 bits per heavy atom. The number of furan rings is 2. The molecule has 0 fully saturated rings. The Bertz CT molecular complexity index is 3480. The van der Waals surface area contributed by atoms with E-state index in [9.17, 15) is 5.26 Å². The molecular formula is C60H60IrN4O2Si-2. The van der Waals surface area contributed by atoms with Gasteiger partial charge in [0.15, 0.2) is 0 Å². The summed E-state index contributed by atoms with van der Waals surface area (Å²) in [6.45, 7) is 27.8. The summed E-state index contributed by atoms with van der Waals surface area (Å²) in [5.74, 6) is 1.13. The van der Waals surface area contributed by atoms with Crippen molar-refractivity contribution in [3.8, 4) is 34.4 Å². The minimum atomic E-state index is -1.78. The molecule has 0 saturated heterocycles. The standard InChI is InChI=1S/C45H44N3O2Si.C15H16N.Ir/c1-25(2)34-23-36-35-22-30(51(9,27(5)6)28(7)8)18-20-39(35)49-44(36)41(26(3)4)42(34)48-38-16-11-10-15-37(38)47-45(48)33-14-12-13-32-31-19-17-29(24-46)21-40(31)50-43(32)33;1-15(2,3)13-9-10-14(16-11-13)12-7-5-4-6-8-12;/h10-13,15-23,25-28H,1-9H3;4-7,9-11H,1-3H3;/q2*-1;. The van der Waals surface area contributed by atoms with E-state index in [-0.39, 0.29) is 37.4 Å². The first-order valence-corrected chi connectivity index (χ1v) is 26.4. The third-order valence-electron chi connectivity index (χ3n) is 14.2. The van der Waals surface area contributed by atoms with E-state index in [2.05, 4.69) is 165 Å². The summed E-state index contributed by atoms with van der Waals surface area (Å²) < 4.78 is 15.8. The molecule has 0 N–H and O–H groups in total. The minimum absolute atomic E-state index is 0. The van der Waals surface area contributed by atoms with Gasteiger partial charge in [-0.3, -0.25) is 4.98 Å². The van der Waals surface area contributed by atoms with Gasteiger partial charge in [0.25, 0.3) is 0 Å². The van der Waals surface area contributed by atoms with Crippen LogP contribution in [0.5, 0.6) is 0 Å². The predicted molar refractivity (Wildman–Crippen MR) is 281 cm³/mol. The SMILES string of the molecule is CC(C)(C)c1ccc(-c2[c-]cccc2)nc1.CC(C)c1cc2c(oc3ccc([Si](C)(C(C)C)C(C)C)cc32)c(C(C)C)c1-n1c(-c2[c-]ccc3c2oc2cc(C#N)ccc23)nc2ccccc21.[Ir]. The number of rotatable bonds is 8. The number of nitrogens with zero attached hydrogens (tertiary/aromatic N) is 4. The number of hydrogen-bond acceptors (Lipinski definition) is 5. The number of pyridine rings is 1. The van der Waals surface area contributed by atoms with Gasteiger partial charge in [-0.1, -0.05) is 141 Å². The summed E-state index contributed by atoms with van der Waals surface area (Å²) >= 11 is 0. The van der Waals surface area contributed by atoms with Gasteiger partial charge < -0.3 is 18.4 Å². The summed E-state index contributed by atoms with van der Waals surface area (Å²) in [4.78, 5) is 9.79. The van der Waals surface area contributed by atoms with Crippen molar-refractivity contribution in [2.45, 2.75) is 111 Å². The molecule has 0 spiro atoms. The van der Waals surface area contributed by atoms with Crippen LogP contribution in [-0.4, -0.2) is 22.6 Å². The van der Waals surface area contributed by atoms with Crippen LogP contribution in [0.3, 0.4) is 0 Å². The van der Waals surface area contributed by atoms with Crippen LogP contribution in [-0.2, 0) is 25.5 Å². The number of hydrogen-bond donors (Lipinski definition) is 0. The Kier molecular flexibility index (Phi) is 13.3. The zero-order valence-electron chi connectivity index (χ0n) is 41.3. The van der Waals surface area contributed by atoms with Gasteiger partial charge in [0, 0.05) is 53.7 Å². The van der Waals surface area contributed by atoms with E-state index in [0.717, 1.165) is 61.3 Å². The molecule has 0 atom stereocenters.